The number of hydrogen-bond donors (Lipinski definition) is 1. The number of hydrogen-bond acceptors (Lipinski definition) is 3. The van der Waals surface area contributed by atoms with Gasteiger partial charge in [0, 0.05) is 28.3 Å². The van der Waals surface area contributed by atoms with E-state index in [9.17, 15) is 0 Å². The number of anilines is 2. The molecule has 0 amide bonds. The fourth-order valence-electron chi connectivity index (χ4n) is 4.09. The third-order valence-corrected chi connectivity index (χ3v) is 5.48. The zero-order chi connectivity index (χ0) is 19.9. The summed E-state index contributed by atoms with van der Waals surface area (Å²) in [7, 11) is 0. The van der Waals surface area contributed by atoms with E-state index in [1.54, 1.807) is 6.20 Å². The number of rotatable bonds is 3. The number of fused-ring (bicyclic) bond motifs is 4. The molecule has 0 aliphatic rings. The highest BCUT2D eigenvalue weighted by molar-refractivity contribution is 6.05. The van der Waals surface area contributed by atoms with Crippen LogP contribution in [-0.2, 0) is 0 Å². The predicted octanol–water partition coefficient (Wildman–Crippen LogP) is 7.54. The van der Waals surface area contributed by atoms with Crippen LogP contribution >= 0.6 is 0 Å². The Kier molecular flexibility index (Phi) is 3.78. The maximum atomic E-state index is 5.85. The van der Waals surface area contributed by atoms with Gasteiger partial charge >= 0.3 is 0 Å². The molecule has 0 aliphatic carbocycles. The normalized spacial score (nSPS) is 11.3. The first-order valence-electron chi connectivity index (χ1n) is 9.98. The molecule has 0 saturated heterocycles. The summed E-state index contributed by atoms with van der Waals surface area (Å²) in [6.45, 7) is 0. The van der Waals surface area contributed by atoms with Crippen molar-refractivity contribution in [2.45, 2.75) is 0 Å². The van der Waals surface area contributed by atoms with E-state index in [0.717, 1.165) is 27.7 Å². The van der Waals surface area contributed by atoms with Crippen LogP contribution in [0.25, 0.3) is 44.0 Å². The van der Waals surface area contributed by atoms with Gasteiger partial charge in [-0.05, 0) is 64.4 Å². The van der Waals surface area contributed by atoms with Crippen molar-refractivity contribution in [1.29, 1.82) is 0 Å². The molecule has 4 aromatic carbocycles. The molecule has 1 N–H and O–H groups in total. The van der Waals surface area contributed by atoms with Crippen molar-refractivity contribution in [1.82, 2.24) is 4.98 Å². The minimum atomic E-state index is 0.668. The van der Waals surface area contributed by atoms with E-state index < -0.39 is 0 Å². The molecule has 142 valence electrons. The lowest BCUT2D eigenvalue weighted by Crippen LogP contribution is -1.92. The topological polar surface area (TPSA) is 38.1 Å². The summed E-state index contributed by atoms with van der Waals surface area (Å²) >= 11 is 0. The maximum Gasteiger partial charge on any atom is 0.227 e. The Balaban J connectivity index is 1.48. The molecule has 0 aliphatic heterocycles. The summed E-state index contributed by atoms with van der Waals surface area (Å²) in [6.07, 6.45) is 1.75. The lowest BCUT2D eigenvalue weighted by Gasteiger charge is -2.13. The molecule has 6 rings (SSSR count). The van der Waals surface area contributed by atoms with Gasteiger partial charge < -0.3 is 9.73 Å². The maximum absolute atomic E-state index is 5.85. The van der Waals surface area contributed by atoms with Gasteiger partial charge in [0.05, 0.1) is 0 Å². The Morgan fingerprint density at radius 3 is 2.40 bits per heavy atom. The van der Waals surface area contributed by atoms with E-state index in [-0.39, 0.29) is 0 Å². The van der Waals surface area contributed by atoms with E-state index >= 15 is 0 Å². The van der Waals surface area contributed by atoms with Crippen LogP contribution in [0.5, 0.6) is 0 Å². The molecular formula is C27H18N2O. The van der Waals surface area contributed by atoms with Crippen LogP contribution in [0.1, 0.15) is 0 Å². The Hall–Kier alpha value is -4.11. The molecule has 3 heteroatoms. The highest BCUT2D eigenvalue weighted by Crippen LogP contribution is 2.35. The molecule has 0 spiro atoms. The molecule has 2 aromatic heterocycles. The van der Waals surface area contributed by atoms with Crippen molar-refractivity contribution < 1.29 is 4.42 Å². The number of nitrogens with one attached hydrogen (secondary N) is 1. The minimum Gasteiger partial charge on any atom is -0.438 e. The molecule has 0 radical (unpaired) electrons. The highest BCUT2D eigenvalue weighted by Gasteiger charge is 2.10. The summed E-state index contributed by atoms with van der Waals surface area (Å²) in [4.78, 5) is 4.32. The second-order valence-electron chi connectivity index (χ2n) is 7.41. The van der Waals surface area contributed by atoms with Crippen LogP contribution in [0.2, 0.25) is 0 Å². The lowest BCUT2D eigenvalue weighted by molar-refractivity contribution is 0.654. The Bertz CT molecular complexity index is 1520. The number of nitrogens with zero attached hydrogens (tertiary/aromatic N) is 1. The standard InChI is InChI=1S/C27H18N2O/c1-2-7-18(8-3-1)24-17-21(15-19-9-4-5-10-22(19)24)29-20-12-13-26-25(16-20)23-11-6-14-28-27(23)30-26/h1-17,29H. The van der Waals surface area contributed by atoms with Crippen molar-refractivity contribution in [3.05, 3.63) is 103 Å². The van der Waals surface area contributed by atoms with Gasteiger partial charge in [-0.2, -0.15) is 0 Å². The summed E-state index contributed by atoms with van der Waals surface area (Å²) in [6, 6.07) is 33.6. The first-order valence-corrected chi connectivity index (χ1v) is 9.98. The van der Waals surface area contributed by atoms with Gasteiger partial charge in [-0.15, -0.1) is 0 Å². The molecular weight excluding hydrogens is 368 g/mol. The van der Waals surface area contributed by atoms with E-state index in [0.29, 0.717) is 5.71 Å². The molecule has 0 saturated carbocycles. The van der Waals surface area contributed by atoms with Crippen molar-refractivity contribution in [3.63, 3.8) is 0 Å². The molecule has 0 atom stereocenters. The van der Waals surface area contributed by atoms with E-state index in [1.165, 1.54) is 21.9 Å². The highest BCUT2D eigenvalue weighted by atomic mass is 16.3. The molecule has 30 heavy (non-hydrogen) atoms. The molecule has 0 bridgehead atoms. The largest absolute Gasteiger partial charge is 0.438 e. The Morgan fingerprint density at radius 2 is 1.47 bits per heavy atom. The Labute approximate surface area is 173 Å². The van der Waals surface area contributed by atoms with Gasteiger partial charge in [0.15, 0.2) is 0 Å². The number of pyridine rings is 1. The smallest absolute Gasteiger partial charge is 0.227 e. The van der Waals surface area contributed by atoms with Crippen molar-refractivity contribution >= 4 is 44.2 Å². The monoisotopic (exact) mass is 386 g/mol. The Morgan fingerprint density at radius 1 is 0.633 bits per heavy atom. The average molecular weight is 386 g/mol. The average Bonchev–Trinajstić information content (AvgIpc) is 3.17. The molecule has 3 nitrogen and oxygen atoms in total. The zero-order valence-electron chi connectivity index (χ0n) is 16.2. The molecule has 2 heterocycles. The fourth-order valence-corrected chi connectivity index (χ4v) is 4.09. The number of furan rings is 1. The lowest BCUT2D eigenvalue weighted by atomic mass is 9.97. The summed E-state index contributed by atoms with van der Waals surface area (Å²) < 4.78 is 5.85. The van der Waals surface area contributed by atoms with Gasteiger partial charge in [-0.3, -0.25) is 0 Å². The van der Waals surface area contributed by atoms with Crippen molar-refractivity contribution in [3.8, 4) is 11.1 Å². The van der Waals surface area contributed by atoms with Crippen LogP contribution in [0, 0.1) is 0 Å². The number of benzene rings is 4. The van der Waals surface area contributed by atoms with Gasteiger partial charge in [0.25, 0.3) is 0 Å². The molecule has 0 unspecified atom stereocenters. The quantitative estimate of drug-likeness (QED) is 0.341. The van der Waals surface area contributed by atoms with Crippen LogP contribution in [0.4, 0.5) is 11.4 Å². The first kappa shape index (κ1) is 16.8. The van der Waals surface area contributed by atoms with Crippen molar-refractivity contribution in [2.75, 3.05) is 5.32 Å². The van der Waals surface area contributed by atoms with Crippen molar-refractivity contribution in [2.24, 2.45) is 0 Å². The first-order chi connectivity index (χ1) is 14.8. The third-order valence-electron chi connectivity index (χ3n) is 5.48. The van der Waals surface area contributed by atoms with Crippen LogP contribution < -0.4 is 5.32 Å². The summed E-state index contributed by atoms with van der Waals surface area (Å²) in [5.74, 6) is 0. The van der Waals surface area contributed by atoms with Gasteiger partial charge in [-0.1, -0.05) is 54.6 Å². The molecule has 0 fully saturated rings. The van der Waals surface area contributed by atoms with Gasteiger partial charge in [0.1, 0.15) is 5.58 Å². The van der Waals surface area contributed by atoms with Gasteiger partial charge in [0.2, 0.25) is 5.71 Å². The second-order valence-corrected chi connectivity index (χ2v) is 7.41. The minimum absolute atomic E-state index is 0.668. The van der Waals surface area contributed by atoms with E-state index in [2.05, 4.69) is 77.0 Å². The SMILES string of the molecule is c1ccc(-c2cc(Nc3ccc4oc5ncccc5c4c3)cc3ccccc23)cc1. The molecule has 6 aromatic rings. The van der Waals surface area contributed by atoms with E-state index in [1.807, 2.05) is 30.3 Å². The van der Waals surface area contributed by atoms with E-state index in [4.69, 9.17) is 4.42 Å². The number of aromatic nitrogens is 1. The summed E-state index contributed by atoms with van der Waals surface area (Å²) in [5.41, 5.74) is 6.01. The summed E-state index contributed by atoms with van der Waals surface area (Å²) in [5, 5.41) is 8.14. The van der Waals surface area contributed by atoms with Gasteiger partial charge in [-0.25, -0.2) is 4.98 Å². The van der Waals surface area contributed by atoms with Crippen LogP contribution in [0.15, 0.2) is 108 Å². The fraction of sp³-hybridized carbons (Fsp3) is 0. The van der Waals surface area contributed by atoms with Crippen LogP contribution in [0.3, 0.4) is 0 Å². The predicted molar refractivity (Wildman–Crippen MR) is 124 cm³/mol. The second kappa shape index (κ2) is 6.75. The zero-order valence-corrected chi connectivity index (χ0v) is 16.2. The third kappa shape index (κ3) is 2.80. The van der Waals surface area contributed by atoms with Crippen LogP contribution in [-0.4, -0.2) is 4.98 Å².